The fourth-order valence-electron chi connectivity index (χ4n) is 1.59. The summed E-state index contributed by atoms with van der Waals surface area (Å²) in [4.78, 5) is 24.1. The Morgan fingerprint density at radius 3 is 2.52 bits per heavy atom. The van der Waals surface area contributed by atoms with Crippen molar-refractivity contribution in [2.45, 2.75) is 27.0 Å². The van der Waals surface area contributed by atoms with E-state index < -0.39 is 23.6 Å². The first-order valence-corrected chi connectivity index (χ1v) is 7.27. The maximum atomic E-state index is 14.2. The quantitative estimate of drug-likeness (QED) is 0.550. The molecule has 1 unspecified atom stereocenters. The molecule has 0 spiro atoms. The molecule has 1 atom stereocenters. The molecule has 0 aliphatic rings. The summed E-state index contributed by atoms with van der Waals surface area (Å²) in [5.41, 5.74) is 0.386. The van der Waals surface area contributed by atoms with E-state index in [2.05, 4.69) is 24.4 Å². The molecule has 1 N–H and O–H groups in total. The summed E-state index contributed by atoms with van der Waals surface area (Å²) in [7, 11) is 1.68. The molecule has 0 heterocycles. The predicted octanol–water partition coefficient (Wildman–Crippen LogP) is 2.33. The molecule has 0 fully saturated rings. The molecular weight excluding hydrogens is 296 g/mol. The Bertz CT molecular complexity index is 566. The fourth-order valence-corrected chi connectivity index (χ4v) is 1.59. The molecule has 0 bridgehead atoms. The van der Waals surface area contributed by atoms with Crippen molar-refractivity contribution < 1.29 is 14.0 Å². The molecule has 0 aromatic carbocycles. The third-order valence-electron chi connectivity index (χ3n) is 3.42. The fraction of sp³-hybridized carbons (Fsp3) is 0.438. The van der Waals surface area contributed by atoms with Crippen LogP contribution in [0.1, 0.15) is 13.8 Å². The topological polar surface area (TPSA) is 73.2 Å². The highest BCUT2D eigenvalue weighted by atomic mass is 19.1. The molecule has 7 heteroatoms. The van der Waals surface area contributed by atoms with Crippen LogP contribution in [0.4, 0.5) is 4.39 Å². The summed E-state index contributed by atoms with van der Waals surface area (Å²) in [5.74, 6) is -0.240. The number of amides is 2. The van der Waals surface area contributed by atoms with Crippen molar-refractivity contribution in [1.82, 2.24) is 10.2 Å². The lowest BCUT2D eigenvalue weighted by atomic mass is 9.51. The van der Waals surface area contributed by atoms with Gasteiger partial charge in [-0.2, -0.15) is 0 Å². The van der Waals surface area contributed by atoms with Gasteiger partial charge in [-0.3, -0.25) is 14.9 Å². The number of hydrogen-bond donors (Lipinski definition) is 1. The van der Waals surface area contributed by atoms with E-state index in [1.54, 1.807) is 18.8 Å². The van der Waals surface area contributed by atoms with Gasteiger partial charge < -0.3 is 4.90 Å². The van der Waals surface area contributed by atoms with E-state index in [9.17, 15) is 14.0 Å². The van der Waals surface area contributed by atoms with Crippen LogP contribution >= 0.6 is 0 Å². The summed E-state index contributed by atoms with van der Waals surface area (Å²) >= 11 is 0. The summed E-state index contributed by atoms with van der Waals surface area (Å²) in [6.45, 7) is 12.2. The van der Waals surface area contributed by atoms with Gasteiger partial charge in [-0.15, -0.1) is 0 Å². The number of imide groups is 1. The Labute approximate surface area is 137 Å². The second-order valence-corrected chi connectivity index (χ2v) is 5.52. The molecule has 0 rings (SSSR count). The SMILES string of the molecule is C=C(/C=C(/F)C(=C)N(C)CCB(C)C#N)C(C)C(=O)NC(C)=O. The van der Waals surface area contributed by atoms with Crippen LogP contribution in [0.15, 0.2) is 36.3 Å². The monoisotopic (exact) mass is 319 g/mol. The second-order valence-electron chi connectivity index (χ2n) is 5.52. The van der Waals surface area contributed by atoms with E-state index in [-0.39, 0.29) is 18.0 Å². The second kappa shape index (κ2) is 9.62. The van der Waals surface area contributed by atoms with Crippen molar-refractivity contribution in [2.24, 2.45) is 5.92 Å². The smallest absolute Gasteiger partial charge is 0.266 e. The van der Waals surface area contributed by atoms with Crippen molar-refractivity contribution in [1.29, 1.82) is 5.26 Å². The normalized spacial score (nSPS) is 11.9. The van der Waals surface area contributed by atoms with Crippen LogP contribution in [0.2, 0.25) is 13.1 Å². The van der Waals surface area contributed by atoms with Gasteiger partial charge in [0.2, 0.25) is 11.8 Å². The van der Waals surface area contributed by atoms with E-state index in [0.717, 1.165) is 6.08 Å². The standard InChI is InChI=1S/C16H23BFN3O2/c1-11(12(2)16(23)20-14(4)22)9-15(18)13(3)21(6)8-7-17(5)10-19/h9,12H,1,3,7-8H2,2,4-6H3,(H,20,22,23)/b15-9+. The molecule has 0 aromatic heterocycles. The number of nitriles is 1. The highest BCUT2D eigenvalue weighted by Gasteiger charge is 2.18. The minimum Gasteiger partial charge on any atom is -0.373 e. The number of nitrogens with zero attached hydrogens (tertiary/aromatic N) is 2. The molecule has 2 amide bonds. The summed E-state index contributed by atoms with van der Waals surface area (Å²) in [6.07, 6.45) is 1.73. The number of carbonyl (C=O) groups is 2. The van der Waals surface area contributed by atoms with E-state index in [0.29, 0.717) is 12.9 Å². The Morgan fingerprint density at radius 1 is 1.48 bits per heavy atom. The van der Waals surface area contributed by atoms with Gasteiger partial charge in [0.15, 0.2) is 0 Å². The molecular formula is C16H23BFN3O2. The molecule has 0 aliphatic heterocycles. The van der Waals surface area contributed by atoms with Crippen molar-refractivity contribution in [3.05, 3.63) is 36.3 Å². The third-order valence-corrected chi connectivity index (χ3v) is 3.42. The molecule has 124 valence electrons. The molecule has 5 nitrogen and oxygen atoms in total. The minimum atomic E-state index is -0.735. The van der Waals surface area contributed by atoms with Gasteiger partial charge in [0.05, 0.1) is 11.6 Å². The highest BCUT2D eigenvalue weighted by Crippen LogP contribution is 2.19. The predicted molar refractivity (Wildman–Crippen MR) is 90.1 cm³/mol. The summed E-state index contributed by atoms with van der Waals surface area (Å²) < 4.78 is 14.2. The Balaban J connectivity index is 4.76. The lowest BCUT2D eigenvalue weighted by Gasteiger charge is -2.21. The number of likely N-dealkylation sites (N-methyl/N-ethyl adjacent to an activating group) is 1. The van der Waals surface area contributed by atoms with Crippen LogP contribution in [0.25, 0.3) is 0 Å². The molecule has 0 aromatic rings. The van der Waals surface area contributed by atoms with Gasteiger partial charge in [0.1, 0.15) is 5.83 Å². The zero-order valence-electron chi connectivity index (χ0n) is 14.1. The van der Waals surface area contributed by atoms with Crippen molar-refractivity contribution in [3.8, 4) is 5.97 Å². The Hall–Kier alpha value is -2.36. The van der Waals surface area contributed by atoms with Crippen LogP contribution < -0.4 is 5.32 Å². The van der Waals surface area contributed by atoms with Crippen molar-refractivity contribution in [2.75, 3.05) is 13.6 Å². The van der Waals surface area contributed by atoms with Crippen molar-refractivity contribution >= 4 is 18.5 Å². The lowest BCUT2D eigenvalue weighted by Crippen LogP contribution is -2.33. The first kappa shape index (κ1) is 20.6. The van der Waals surface area contributed by atoms with Gasteiger partial charge in [0.25, 0.3) is 6.71 Å². The minimum absolute atomic E-state index is 0.123. The largest absolute Gasteiger partial charge is 0.373 e. The lowest BCUT2D eigenvalue weighted by molar-refractivity contribution is -0.130. The van der Waals surface area contributed by atoms with Crippen LogP contribution in [-0.4, -0.2) is 37.0 Å². The number of allylic oxidation sites excluding steroid dienone is 2. The van der Waals surface area contributed by atoms with Gasteiger partial charge in [-0.25, -0.2) is 9.65 Å². The average Bonchev–Trinajstić information content (AvgIpc) is 2.49. The Kier molecular flexibility index (Phi) is 8.63. The highest BCUT2D eigenvalue weighted by molar-refractivity contribution is 6.65. The zero-order chi connectivity index (χ0) is 18.2. The Morgan fingerprint density at radius 2 is 2.04 bits per heavy atom. The first-order valence-electron chi connectivity index (χ1n) is 7.27. The van der Waals surface area contributed by atoms with Crippen molar-refractivity contribution in [3.63, 3.8) is 0 Å². The number of rotatable bonds is 8. The van der Waals surface area contributed by atoms with E-state index in [1.165, 1.54) is 13.8 Å². The van der Waals surface area contributed by atoms with Gasteiger partial charge >= 0.3 is 0 Å². The summed E-state index contributed by atoms with van der Waals surface area (Å²) in [6, 6.07) is 0. The molecule has 0 radical (unpaired) electrons. The summed E-state index contributed by atoms with van der Waals surface area (Å²) in [5, 5.41) is 10.9. The van der Waals surface area contributed by atoms with Gasteiger partial charge in [-0.05, 0) is 24.9 Å². The maximum absolute atomic E-state index is 14.2. The van der Waals surface area contributed by atoms with E-state index in [1.807, 2.05) is 0 Å². The van der Waals surface area contributed by atoms with Crippen LogP contribution in [0, 0.1) is 17.1 Å². The molecule has 0 aliphatic carbocycles. The number of hydrogen-bond acceptors (Lipinski definition) is 4. The third kappa shape index (κ3) is 7.45. The van der Waals surface area contributed by atoms with Crippen LogP contribution in [0.5, 0.6) is 0 Å². The van der Waals surface area contributed by atoms with Crippen LogP contribution in [0.3, 0.4) is 0 Å². The number of halogens is 1. The molecule has 0 saturated heterocycles. The van der Waals surface area contributed by atoms with E-state index in [4.69, 9.17) is 5.26 Å². The molecule has 23 heavy (non-hydrogen) atoms. The first-order chi connectivity index (χ1) is 10.6. The number of nitrogens with one attached hydrogen (secondary N) is 1. The zero-order valence-corrected chi connectivity index (χ0v) is 14.1. The average molecular weight is 319 g/mol. The number of carbonyl (C=O) groups excluding carboxylic acids is 2. The van der Waals surface area contributed by atoms with Gasteiger partial charge in [-0.1, -0.05) is 20.0 Å². The van der Waals surface area contributed by atoms with Gasteiger partial charge in [0, 0.05) is 26.5 Å². The van der Waals surface area contributed by atoms with E-state index >= 15 is 0 Å². The maximum Gasteiger partial charge on any atom is 0.266 e. The van der Waals surface area contributed by atoms with Crippen LogP contribution in [-0.2, 0) is 9.59 Å². The molecule has 0 saturated carbocycles.